The van der Waals surface area contributed by atoms with Gasteiger partial charge in [0.25, 0.3) is 0 Å². The van der Waals surface area contributed by atoms with Crippen LogP contribution in [0.3, 0.4) is 0 Å². The lowest BCUT2D eigenvalue weighted by atomic mass is 10.2. The number of benzene rings is 1. The molecule has 124 valence electrons. The molecule has 23 heavy (non-hydrogen) atoms. The van der Waals surface area contributed by atoms with E-state index in [1.54, 1.807) is 4.68 Å². The van der Waals surface area contributed by atoms with Crippen LogP contribution in [-0.4, -0.2) is 34.0 Å². The molecule has 0 saturated heterocycles. The van der Waals surface area contributed by atoms with E-state index >= 15 is 0 Å². The van der Waals surface area contributed by atoms with Gasteiger partial charge >= 0.3 is 0 Å². The van der Waals surface area contributed by atoms with E-state index in [4.69, 9.17) is 4.74 Å². The molecule has 0 saturated carbocycles. The summed E-state index contributed by atoms with van der Waals surface area (Å²) in [4.78, 5) is 0. The molecule has 6 heteroatoms. The number of ether oxygens (including phenoxy) is 1. The summed E-state index contributed by atoms with van der Waals surface area (Å²) in [7, 11) is 0. The third kappa shape index (κ3) is 4.58. The van der Waals surface area contributed by atoms with Gasteiger partial charge in [0.1, 0.15) is 5.75 Å². The van der Waals surface area contributed by atoms with Crippen molar-refractivity contribution in [2.75, 3.05) is 12.9 Å². The lowest BCUT2D eigenvalue weighted by molar-refractivity contribution is 0.270. The molecule has 0 atom stereocenters. The van der Waals surface area contributed by atoms with E-state index in [2.05, 4.69) is 43.0 Å². The third-order valence-corrected chi connectivity index (χ3v) is 3.76. The predicted octanol–water partition coefficient (Wildman–Crippen LogP) is 4.04. The standard InChI is InChI=1S/C17H24N4OS/c1-12(2)11-22-15-9-7-6-8-14(15)10-18-21-16(13(3)4)19-20-17(21)23-5/h6-10,12-13H,11H2,1-5H3/b18-10-. The van der Waals surface area contributed by atoms with Gasteiger partial charge in [0.05, 0.1) is 12.8 Å². The lowest BCUT2D eigenvalue weighted by Gasteiger charge is -2.11. The molecule has 2 aromatic rings. The smallest absolute Gasteiger partial charge is 0.211 e. The second-order valence-corrected chi connectivity index (χ2v) is 6.77. The Morgan fingerprint density at radius 2 is 1.96 bits per heavy atom. The van der Waals surface area contributed by atoms with Crippen molar-refractivity contribution >= 4 is 18.0 Å². The number of hydrogen-bond acceptors (Lipinski definition) is 5. The molecule has 0 spiro atoms. The van der Waals surface area contributed by atoms with Gasteiger partial charge in [-0.05, 0) is 24.3 Å². The van der Waals surface area contributed by atoms with Gasteiger partial charge < -0.3 is 4.74 Å². The first kappa shape index (κ1) is 17.5. The largest absolute Gasteiger partial charge is 0.493 e. The molecule has 1 aromatic heterocycles. The van der Waals surface area contributed by atoms with E-state index in [0.717, 1.165) is 22.3 Å². The number of para-hydroxylation sites is 1. The fraction of sp³-hybridized carbons (Fsp3) is 0.471. The van der Waals surface area contributed by atoms with Crippen LogP contribution >= 0.6 is 11.8 Å². The minimum absolute atomic E-state index is 0.257. The van der Waals surface area contributed by atoms with E-state index in [1.807, 2.05) is 36.7 Å². The summed E-state index contributed by atoms with van der Waals surface area (Å²) in [6, 6.07) is 7.92. The maximum atomic E-state index is 5.87. The molecule has 1 heterocycles. The average Bonchev–Trinajstić information content (AvgIpc) is 2.94. The van der Waals surface area contributed by atoms with Crippen LogP contribution in [0.4, 0.5) is 0 Å². The highest BCUT2D eigenvalue weighted by Gasteiger charge is 2.13. The van der Waals surface area contributed by atoms with E-state index in [-0.39, 0.29) is 5.92 Å². The molecular formula is C17H24N4OS. The Balaban J connectivity index is 2.29. The van der Waals surface area contributed by atoms with Gasteiger partial charge in [-0.2, -0.15) is 9.78 Å². The van der Waals surface area contributed by atoms with Crippen LogP contribution in [0.5, 0.6) is 5.75 Å². The molecule has 0 N–H and O–H groups in total. The molecule has 0 aliphatic heterocycles. The summed E-state index contributed by atoms with van der Waals surface area (Å²) in [6.45, 7) is 9.12. The van der Waals surface area contributed by atoms with Crippen LogP contribution in [0.25, 0.3) is 0 Å². The molecular weight excluding hydrogens is 308 g/mol. The fourth-order valence-electron chi connectivity index (χ4n) is 1.97. The normalized spacial score (nSPS) is 11.8. The van der Waals surface area contributed by atoms with Gasteiger partial charge in [-0.1, -0.05) is 51.6 Å². The zero-order valence-electron chi connectivity index (χ0n) is 14.4. The zero-order chi connectivity index (χ0) is 16.8. The van der Waals surface area contributed by atoms with Gasteiger partial charge in [-0.3, -0.25) is 0 Å². The first-order valence-corrected chi connectivity index (χ1v) is 9.00. The van der Waals surface area contributed by atoms with E-state index < -0.39 is 0 Å². The third-order valence-electron chi connectivity index (χ3n) is 3.14. The van der Waals surface area contributed by atoms with Crippen LogP contribution in [0, 0.1) is 5.92 Å². The molecule has 0 radical (unpaired) electrons. The molecule has 0 fully saturated rings. The van der Waals surface area contributed by atoms with E-state index in [0.29, 0.717) is 12.5 Å². The minimum atomic E-state index is 0.257. The Morgan fingerprint density at radius 1 is 1.22 bits per heavy atom. The summed E-state index contributed by atoms with van der Waals surface area (Å²) >= 11 is 1.53. The van der Waals surface area contributed by atoms with Crippen molar-refractivity contribution in [3.8, 4) is 5.75 Å². The van der Waals surface area contributed by atoms with Crippen molar-refractivity contribution in [2.45, 2.75) is 38.8 Å². The summed E-state index contributed by atoms with van der Waals surface area (Å²) in [5.41, 5.74) is 0.948. The predicted molar refractivity (Wildman–Crippen MR) is 95.7 cm³/mol. The molecule has 0 aliphatic rings. The highest BCUT2D eigenvalue weighted by atomic mass is 32.2. The van der Waals surface area contributed by atoms with Gasteiger partial charge in [0, 0.05) is 11.5 Å². The number of hydrogen-bond donors (Lipinski definition) is 0. The second-order valence-electron chi connectivity index (χ2n) is 6.00. The summed E-state index contributed by atoms with van der Waals surface area (Å²) in [5, 5.41) is 13.8. The van der Waals surface area contributed by atoms with Crippen LogP contribution < -0.4 is 4.74 Å². The number of thioether (sulfide) groups is 1. The monoisotopic (exact) mass is 332 g/mol. The van der Waals surface area contributed by atoms with E-state index in [9.17, 15) is 0 Å². The summed E-state index contributed by atoms with van der Waals surface area (Å²) in [6.07, 6.45) is 3.78. The fourth-order valence-corrected chi connectivity index (χ4v) is 2.40. The van der Waals surface area contributed by atoms with Gasteiger partial charge in [0.15, 0.2) is 5.82 Å². The molecule has 0 bridgehead atoms. The first-order valence-electron chi connectivity index (χ1n) is 7.78. The summed E-state index contributed by atoms with van der Waals surface area (Å²) in [5.74, 6) is 2.43. The molecule has 0 amide bonds. The van der Waals surface area contributed by atoms with Crippen molar-refractivity contribution in [1.82, 2.24) is 14.9 Å². The van der Waals surface area contributed by atoms with Gasteiger partial charge in [-0.25, -0.2) is 0 Å². The SMILES string of the molecule is CSc1nnc(C(C)C)n1/N=C\c1ccccc1OCC(C)C. The molecule has 5 nitrogen and oxygen atoms in total. The maximum absolute atomic E-state index is 5.87. The minimum Gasteiger partial charge on any atom is -0.493 e. The quantitative estimate of drug-likeness (QED) is 0.567. The Morgan fingerprint density at radius 3 is 2.61 bits per heavy atom. The highest BCUT2D eigenvalue weighted by Crippen LogP contribution is 2.20. The van der Waals surface area contributed by atoms with Crippen molar-refractivity contribution in [3.63, 3.8) is 0 Å². The number of rotatable bonds is 7. The van der Waals surface area contributed by atoms with Gasteiger partial charge in [-0.15, -0.1) is 10.2 Å². The Hall–Kier alpha value is -1.82. The topological polar surface area (TPSA) is 52.3 Å². The zero-order valence-corrected chi connectivity index (χ0v) is 15.2. The van der Waals surface area contributed by atoms with Crippen molar-refractivity contribution in [1.29, 1.82) is 0 Å². The number of aromatic nitrogens is 3. The molecule has 0 unspecified atom stereocenters. The first-order chi connectivity index (χ1) is 11.0. The van der Waals surface area contributed by atoms with Crippen LogP contribution in [0.2, 0.25) is 0 Å². The Bertz CT molecular complexity index is 664. The van der Waals surface area contributed by atoms with Crippen LogP contribution in [0.1, 0.15) is 45.0 Å². The molecule has 2 rings (SSSR count). The lowest BCUT2D eigenvalue weighted by Crippen LogP contribution is -2.06. The van der Waals surface area contributed by atoms with E-state index in [1.165, 1.54) is 11.8 Å². The Kier molecular flexibility index (Phi) is 6.21. The highest BCUT2D eigenvalue weighted by molar-refractivity contribution is 7.98. The molecule has 1 aromatic carbocycles. The van der Waals surface area contributed by atoms with Crippen LogP contribution in [-0.2, 0) is 0 Å². The van der Waals surface area contributed by atoms with Gasteiger partial charge in [0.2, 0.25) is 5.16 Å². The second kappa shape index (κ2) is 8.15. The summed E-state index contributed by atoms with van der Waals surface area (Å²) < 4.78 is 7.67. The van der Waals surface area contributed by atoms with Crippen molar-refractivity contribution in [2.24, 2.45) is 11.0 Å². The van der Waals surface area contributed by atoms with Crippen LogP contribution in [0.15, 0.2) is 34.5 Å². The average molecular weight is 332 g/mol. The molecule has 0 aliphatic carbocycles. The Labute approximate surface area is 142 Å². The maximum Gasteiger partial charge on any atom is 0.211 e. The number of nitrogens with zero attached hydrogens (tertiary/aromatic N) is 4. The van der Waals surface area contributed by atoms with Crippen molar-refractivity contribution < 1.29 is 4.74 Å². The van der Waals surface area contributed by atoms with Crippen molar-refractivity contribution in [3.05, 3.63) is 35.7 Å².